The van der Waals surface area contributed by atoms with Gasteiger partial charge in [-0.15, -0.1) is 0 Å². The van der Waals surface area contributed by atoms with Gasteiger partial charge in [-0.1, -0.05) is 24.3 Å². The van der Waals surface area contributed by atoms with E-state index < -0.39 is 0 Å². The molecule has 140 valence electrons. The second-order valence-corrected chi connectivity index (χ2v) is 7.28. The molecule has 0 bridgehead atoms. The largest absolute Gasteiger partial charge is 0.346 e. The number of hydrogen-bond acceptors (Lipinski definition) is 3. The van der Waals surface area contributed by atoms with E-state index in [2.05, 4.69) is 15.4 Å². The number of rotatable bonds is 5. The third kappa shape index (κ3) is 2.97. The van der Waals surface area contributed by atoms with Gasteiger partial charge in [0.2, 0.25) is 0 Å². The molecule has 1 aliphatic carbocycles. The molecule has 1 fully saturated rings. The van der Waals surface area contributed by atoms with Crippen LogP contribution in [0.25, 0.3) is 11.3 Å². The van der Waals surface area contributed by atoms with Gasteiger partial charge in [0.05, 0.1) is 35.4 Å². The normalized spacial score (nSPS) is 13.8. The van der Waals surface area contributed by atoms with E-state index in [-0.39, 0.29) is 5.91 Å². The van der Waals surface area contributed by atoms with E-state index in [1.54, 1.807) is 6.20 Å². The Hall–Kier alpha value is -3.41. The Labute approximate surface area is 162 Å². The fraction of sp³-hybridized carbons (Fsp3) is 0.227. The maximum Gasteiger partial charge on any atom is 0.255 e. The van der Waals surface area contributed by atoms with Crippen molar-refractivity contribution in [2.45, 2.75) is 32.2 Å². The van der Waals surface area contributed by atoms with Gasteiger partial charge in [0.15, 0.2) is 0 Å². The molecule has 1 saturated carbocycles. The van der Waals surface area contributed by atoms with Crippen molar-refractivity contribution in [3.8, 4) is 5.69 Å². The molecule has 6 nitrogen and oxygen atoms in total. The van der Waals surface area contributed by atoms with Crippen LogP contribution in [0.4, 0.5) is 0 Å². The van der Waals surface area contributed by atoms with Crippen molar-refractivity contribution in [3.05, 3.63) is 83.6 Å². The first-order chi connectivity index (χ1) is 13.7. The van der Waals surface area contributed by atoms with Gasteiger partial charge in [0.1, 0.15) is 5.65 Å². The molecule has 0 aliphatic heterocycles. The van der Waals surface area contributed by atoms with Crippen molar-refractivity contribution in [2.75, 3.05) is 0 Å². The van der Waals surface area contributed by atoms with Gasteiger partial charge in [-0.05, 0) is 44.0 Å². The zero-order valence-electron chi connectivity index (χ0n) is 15.7. The van der Waals surface area contributed by atoms with Crippen molar-refractivity contribution in [2.24, 2.45) is 0 Å². The zero-order valence-corrected chi connectivity index (χ0v) is 15.7. The fourth-order valence-corrected chi connectivity index (χ4v) is 3.61. The monoisotopic (exact) mass is 371 g/mol. The lowest BCUT2D eigenvalue weighted by molar-refractivity contribution is 0.0949. The molecule has 4 aromatic rings. The minimum atomic E-state index is -0.0992. The Morgan fingerprint density at radius 2 is 1.96 bits per heavy atom. The first kappa shape index (κ1) is 16.7. The van der Waals surface area contributed by atoms with Crippen LogP contribution in [-0.2, 0) is 6.54 Å². The maximum absolute atomic E-state index is 12.9. The van der Waals surface area contributed by atoms with Crippen molar-refractivity contribution in [1.82, 2.24) is 24.5 Å². The third-order valence-corrected chi connectivity index (χ3v) is 5.19. The summed E-state index contributed by atoms with van der Waals surface area (Å²) >= 11 is 0. The van der Waals surface area contributed by atoms with Gasteiger partial charge >= 0.3 is 0 Å². The smallest absolute Gasteiger partial charge is 0.255 e. The van der Waals surface area contributed by atoms with E-state index in [1.165, 1.54) is 0 Å². The molecule has 1 aliphatic rings. The highest BCUT2D eigenvalue weighted by atomic mass is 16.1. The molecule has 6 heteroatoms. The summed E-state index contributed by atoms with van der Waals surface area (Å²) in [5.74, 6) is 0.305. The molecule has 3 aromatic heterocycles. The van der Waals surface area contributed by atoms with Crippen LogP contribution in [0.3, 0.4) is 0 Å². The van der Waals surface area contributed by atoms with Gasteiger partial charge in [0.25, 0.3) is 5.91 Å². The Balaban J connectivity index is 1.39. The number of imidazole rings is 1. The van der Waals surface area contributed by atoms with E-state index in [1.807, 2.05) is 70.7 Å². The van der Waals surface area contributed by atoms with Crippen molar-refractivity contribution in [1.29, 1.82) is 0 Å². The lowest BCUT2D eigenvalue weighted by Gasteiger charge is -2.09. The van der Waals surface area contributed by atoms with Crippen LogP contribution in [-0.4, -0.2) is 25.1 Å². The number of nitrogens with zero attached hydrogens (tertiary/aromatic N) is 4. The van der Waals surface area contributed by atoms with Gasteiger partial charge in [-0.25, -0.2) is 9.67 Å². The number of fused-ring (bicyclic) bond motifs is 1. The lowest BCUT2D eigenvalue weighted by atomic mass is 10.1. The molecular weight excluding hydrogens is 350 g/mol. The summed E-state index contributed by atoms with van der Waals surface area (Å²) in [4.78, 5) is 17.5. The molecule has 3 heterocycles. The average Bonchev–Trinajstić information content (AvgIpc) is 3.31. The summed E-state index contributed by atoms with van der Waals surface area (Å²) in [7, 11) is 0. The average molecular weight is 371 g/mol. The highest BCUT2D eigenvalue weighted by molar-refractivity contribution is 5.95. The standard InChI is InChI=1S/C22H21N5O/c1-15-6-5-9-20-25-17(14-26(15)20)12-23-22(28)19-13-24-27(21(19)16-10-11-16)18-7-3-2-4-8-18/h2-9,13-14,16H,10-12H2,1H3,(H,23,28). The maximum atomic E-state index is 12.9. The zero-order chi connectivity index (χ0) is 19.1. The van der Waals surface area contributed by atoms with Crippen LogP contribution in [0.1, 0.15) is 46.2 Å². The highest BCUT2D eigenvalue weighted by Gasteiger charge is 2.32. The van der Waals surface area contributed by atoms with E-state index in [4.69, 9.17) is 0 Å². The van der Waals surface area contributed by atoms with Crippen LogP contribution in [0.2, 0.25) is 0 Å². The number of carbonyl (C=O) groups is 1. The van der Waals surface area contributed by atoms with Gasteiger partial charge < -0.3 is 9.72 Å². The first-order valence-corrected chi connectivity index (χ1v) is 9.56. The third-order valence-electron chi connectivity index (χ3n) is 5.19. The van der Waals surface area contributed by atoms with Crippen molar-refractivity contribution in [3.63, 3.8) is 0 Å². The van der Waals surface area contributed by atoms with E-state index in [0.717, 1.165) is 41.3 Å². The summed E-state index contributed by atoms with van der Waals surface area (Å²) in [6, 6.07) is 16.0. The summed E-state index contributed by atoms with van der Waals surface area (Å²) in [5.41, 5.74) is 5.49. The number of carbonyl (C=O) groups excluding carboxylic acids is 1. The quantitative estimate of drug-likeness (QED) is 0.583. The van der Waals surface area contributed by atoms with Crippen LogP contribution in [0.5, 0.6) is 0 Å². The number of pyridine rings is 1. The number of nitrogens with one attached hydrogen (secondary N) is 1. The Kier molecular flexibility index (Phi) is 3.97. The minimum absolute atomic E-state index is 0.0992. The SMILES string of the molecule is Cc1cccc2nc(CNC(=O)c3cnn(-c4ccccc4)c3C3CC3)cn12. The number of benzene rings is 1. The highest BCUT2D eigenvalue weighted by Crippen LogP contribution is 2.42. The Morgan fingerprint density at radius 3 is 2.71 bits per heavy atom. The minimum Gasteiger partial charge on any atom is -0.346 e. The second kappa shape index (κ2) is 6.64. The molecule has 1 amide bonds. The molecule has 0 radical (unpaired) electrons. The lowest BCUT2D eigenvalue weighted by Crippen LogP contribution is -2.24. The predicted octanol–water partition coefficient (Wildman–Crippen LogP) is 3.64. The number of aryl methyl sites for hydroxylation is 1. The summed E-state index contributed by atoms with van der Waals surface area (Å²) in [6.45, 7) is 2.43. The molecule has 0 saturated heterocycles. The predicted molar refractivity (Wildman–Crippen MR) is 107 cm³/mol. The Bertz CT molecular complexity index is 1150. The summed E-state index contributed by atoms with van der Waals surface area (Å²) in [6.07, 6.45) is 5.86. The molecule has 0 unspecified atom stereocenters. The van der Waals surface area contributed by atoms with Crippen LogP contribution in [0, 0.1) is 6.92 Å². The molecule has 0 spiro atoms. The van der Waals surface area contributed by atoms with Crippen LogP contribution in [0.15, 0.2) is 60.9 Å². The van der Waals surface area contributed by atoms with Gasteiger partial charge in [-0.3, -0.25) is 4.79 Å². The second-order valence-electron chi connectivity index (χ2n) is 7.28. The van der Waals surface area contributed by atoms with E-state index >= 15 is 0 Å². The summed E-state index contributed by atoms with van der Waals surface area (Å²) in [5, 5.41) is 7.52. The molecule has 0 atom stereocenters. The number of amides is 1. The summed E-state index contributed by atoms with van der Waals surface area (Å²) < 4.78 is 3.94. The molecule has 28 heavy (non-hydrogen) atoms. The van der Waals surface area contributed by atoms with Crippen LogP contribution >= 0.6 is 0 Å². The first-order valence-electron chi connectivity index (χ1n) is 9.56. The number of aromatic nitrogens is 4. The molecule has 1 aromatic carbocycles. The molecular formula is C22H21N5O. The number of hydrogen-bond donors (Lipinski definition) is 1. The topological polar surface area (TPSA) is 64.2 Å². The molecule has 5 rings (SSSR count). The fourth-order valence-electron chi connectivity index (χ4n) is 3.61. The van der Waals surface area contributed by atoms with Gasteiger partial charge in [-0.2, -0.15) is 5.10 Å². The van der Waals surface area contributed by atoms with Crippen molar-refractivity contribution >= 4 is 11.6 Å². The van der Waals surface area contributed by atoms with E-state index in [9.17, 15) is 4.79 Å². The van der Waals surface area contributed by atoms with Crippen molar-refractivity contribution < 1.29 is 4.79 Å². The number of para-hydroxylation sites is 1. The van der Waals surface area contributed by atoms with E-state index in [0.29, 0.717) is 18.0 Å². The van der Waals surface area contributed by atoms with Gasteiger partial charge in [0, 0.05) is 17.8 Å². The Morgan fingerprint density at radius 1 is 1.14 bits per heavy atom. The van der Waals surface area contributed by atoms with Crippen LogP contribution < -0.4 is 5.32 Å². The molecule has 1 N–H and O–H groups in total.